The standard InChI is InChI=1S/C27H31FN7O6P/c28-19-4-1-5-20(12-19)32-26(36)16-35-15-21(14-31-35)33-27-24-8-7-23(13-25(24)29-18-30-27)40-11-3-10-34-9-2-6-22(34)17-41-42(37,38)39/h1,4-5,7-8,12-15,18,22H,2-3,6,9-11,16-17H2,(H,32,36)(H,29,30,33)(H2,37,38,39)/t22-/m1/s1. The molecule has 0 bridgehead atoms. The van der Waals surface area contributed by atoms with E-state index in [2.05, 4.69) is 30.6 Å². The van der Waals surface area contributed by atoms with Crippen molar-refractivity contribution in [2.45, 2.75) is 31.8 Å². The fourth-order valence-electron chi connectivity index (χ4n) is 4.81. The highest BCUT2D eigenvalue weighted by Gasteiger charge is 2.27. The first-order valence-corrected chi connectivity index (χ1v) is 14.9. The summed E-state index contributed by atoms with van der Waals surface area (Å²) in [5.74, 6) is 0.445. The number of likely N-dealkylation sites (tertiary alicyclic amines) is 1. The number of rotatable bonds is 13. The largest absolute Gasteiger partial charge is 0.493 e. The molecule has 15 heteroatoms. The molecule has 1 aliphatic heterocycles. The highest BCUT2D eigenvalue weighted by atomic mass is 31.2. The monoisotopic (exact) mass is 599 g/mol. The molecule has 1 fully saturated rings. The fraction of sp³-hybridized carbons (Fsp3) is 0.333. The lowest BCUT2D eigenvalue weighted by molar-refractivity contribution is -0.116. The van der Waals surface area contributed by atoms with E-state index in [1.54, 1.807) is 18.5 Å². The Hall–Kier alpha value is -3.94. The molecule has 222 valence electrons. The van der Waals surface area contributed by atoms with Crippen LogP contribution in [0, 0.1) is 5.82 Å². The van der Waals surface area contributed by atoms with Gasteiger partial charge in [0.1, 0.15) is 30.3 Å². The quantitative estimate of drug-likeness (QED) is 0.131. The van der Waals surface area contributed by atoms with Crippen LogP contribution in [0.15, 0.2) is 61.2 Å². The number of phosphoric acid groups is 1. The highest BCUT2D eigenvalue weighted by molar-refractivity contribution is 7.46. The van der Waals surface area contributed by atoms with Crippen LogP contribution < -0.4 is 15.4 Å². The number of fused-ring (bicyclic) bond motifs is 1. The van der Waals surface area contributed by atoms with Crippen molar-refractivity contribution in [3.8, 4) is 5.75 Å². The molecule has 0 spiro atoms. The van der Waals surface area contributed by atoms with Gasteiger partial charge in [-0.3, -0.25) is 18.9 Å². The molecule has 1 aliphatic rings. The topological polar surface area (TPSA) is 164 Å². The van der Waals surface area contributed by atoms with Crippen LogP contribution in [0.5, 0.6) is 5.75 Å². The molecule has 1 atom stereocenters. The zero-order chi connectivity index (χ0) is 29.5. The van der Waals surface area contributed by atoms with Crippen LogP contribution in [0.1, 0.15) is 19.3 Å². The molecule has 42 heavy (non-hydrogen) atoms. The van der Waals surface area contributed by atoms with Crippen LogP contribution in [-0.4, -0.2) is 72.7 Å². The summed E-state index contributed by atoms with van der Waals surface area (Å²) in [6, 6.07) is 11.2. The van der Waals surface area contributed by atoms with Gasteiger partial charge in [0.15, 0.2) is 0 Å². The van der Waals surface area contributed by atoms with Gasteiger partial charge < -0.3 is 25.2 Å². The van der Waals surface area contributed by atoms with E-state index >= 15 is 0 Å². The smallest absolute Gasteiger partial charge is 0.469 e. The predicted octanol–water partition coefficient (Wildman–Crippen LogP) is 3.69. The van der Waals surface area contributed by atoms with Crippen molar-refractivity contribution in [1.82, 2.24) is 24.6 Å². The first-order chi connectivity index (χ1) is 20.2. The summed E-state index contributed by atoms with van der Waals surface area (Å²) in [4.78, 5) is 41.1. The first kappa shape index (κ1) is 29.5. The molecule has 1 saturated heterocycles. The summed E-state index contributed by atoms with van der Waals surface area (Å²) in [5.41, 5.74) is 1.68. The minimum atomic E-state index is -4.47. The Bertz CT molecular complexity index is 1580. The number of hydrogen-bond donors (Lipinski definition) is 4. The van der Waals surface area contributed by atoms with Gasteiger partial charge in [0.2, 0.25) is 5.91 Å². The number of benzene rings is 2. The second-order valence-electron chi connectivity index (χ2n) is 9.83. The number of nitrogens with one attached hydrogen (secondary N) is 2. The molecule has 3 heterocycles. The second-order valence-corrected chi connectivity index (χ2v) is 11.1. The molecule has 1 amide bonds. The number of hydrogen-bond acceptors (Lipinski definition) is 9. The summed E-state index contributed by atoms with van der Waals surface area (Å²) in [7, 11) is -4.47. The molecule has 5 rings (SSSR count). The second kappa shape index (κ2) is 13.4. The normalized spacial score (nSPS) is 15.6. The van der Waals surface area contributed by atoms with Crippen molar-refractivity contribution in [2.24, 2.45) is 0 Å². The van der Waals surface area contributed by atoms with Gasteiger partial charge in [-0.05, 0) is 56.1 Å². The number of aromatic nitrogens is 4. The maximum atomic E-state index is 13.4. The molecule has 0 aliphatic carbocycles. The SMILES string of the molecule is O=C(Cn1cc(Nc2ncnc3cc(OCCCN4CCC[C@@H]4COP(=O)(O)O)ccc23)cn1)Nc1cccc(F)c1. The third-order valence-electron chi connectivity index (χ3n) is 6.71. The average molecular weight is 600 g/mol. The van der Waals surface area contributed by atoms with Gasteiger partial charge >= 0.3 is 7.82 Å². The van der Waals surface area contributed by atoms with Gasteiger partial charge in [-0.15, -0.1) is 0 Å². The lowest BCUT2D eigenvalue weighted by Crippen LogP contribution is -2.34. The van der Waals surface area contributed by atoms with E-state index in [1.807, 2.05) is 18.2 Å². The molecule has 4 aromatic rings. The van der Waals surface area contributed by atoms with Crippen molar-refractivity contribution in [3.05, 3.63) is 67.0 Å². The van der Waals surface area contributed by atoms with E-state index in [0.717, 1.165) is 37.7 Å². The minimum Gasteiger partial charge on any atom is -0.493 e. The van der Waals surface area contributed by atoms with Gasteiger partial charge in [-0.1, -0.05) is 6.07 Å². The maximum absolute atomic E-state index is 13.4. The Morgan fingerprint density at radius 2 is 2.05 bits per heavy atom. The molecule has 13 nitrogen and oxygen atoms in total. The van der Waals surface area contributed by atoms with Crippen LogP contribution in [0.25, 0.3) is 10.9 Å². The summed E-state index contributed by atoms with van der Waals surface area (Å²) < 4.78 is 36.4. The summed E-state index contributed by atoms with van der Waals surface area (Å²) in [6.07, 6.45) is 7.23. The molecule has 2 aromatic carbocycles. The number of anilines is 3. The first-order valence-electron chi connectivity index (χ1n) is 13.4. The van der Waals surface area contributed by atoms with E-state index < -0.39 is 13.6 Å². The molecular formula is C27H31FN7O6P. The lowest BCUT2D eigenvalue weighted by atomic mass is 10.2. The van der Waals surface area contributed by atoms with Gasteiger partial charge in [0.05, 0.1) is 30.6 Å². The van der Waals surface area contributed by atoms with E-state index in [4.69, 9.17) is 19.0 Å². The van der Waals surface area contributed by atoms with Crippen LogP contribution in [0.4, 0.5) is 21.6 Å². The Balaban J connectivity index is 1.12. The van der Waals surface area contributed by atoms with Gasteiger partial charge in [-0.25, -0.2) is 18.9 Å². The predicted molar refractivity (Wildman–Crippen MR) is 153 cm³/mol. The zero-order valence-corrected chi connectivity index (χ0v) is 23.5. The van der Waals surface area contributed by atoms with E-state index in [1.165, 1.54) is 29.2 Å². The van der Waals surface area contributed by atoms with E-state index in [-0.39, 0.29) is 25.1 Å². The Morgan fingerprint density at radius 3 is 2.88 bits per heavy atom. The Kier molecular flexibility index (Phi) is 9.40. The maximum Gasteiger partial charge on any atom is 0.469 e. The van der Waals surface area contributed by atoms with Crippen molar-refractivity contribution >= 4 is 41.8 Å². The van der Waals surface area contributed by atoms with Gasteiger partial charge in [0, 0.05) is 35.9 Å². The van der Waals surface area contributed by atoms with Crippen molar-refractivity contribution in [2.75, 3.05) is 36.9 Å². The number of carbonyl (C=O) groups is 1. The number of phosphoric ester groups is 1. The van der Waals surface area contributed by atoms with E-state index in [9.17, 15) is 13.8 Å². The molecule has 0 saturated carbocycles. The molecule has 0 unspecified atom stereocenters. The van der Waals surface area contributed by atoms with Crippen LogP contribution in [0.2, 0.25) is 0 Å². The number of carbonyl (C=O) groups excluding carboxylic acids is 1. The third-order valence-corrected chi connectivity index (χ3v) is 7.20. The average Bonchev–Trinajstić information content (AvgIpc) is 3.58. The highest BCUT2D eigenvalue weighted by Crippen LogP contribution is 2.37. The summed E-state index contributed by atoms with van der Waals surface area (Å²) in [5, 5.41) is 10.8. The Labute approximate surface area is 240 Å². The molecular weight excluding hydrogens is 568 g/mol. The third kappa shape index (κ3) is 8.30. The summed E-state index contributed by atoms with van der Waals surface area (Å²) in [6.45, 7) is 2.02. The van der Waals surface area contributed by atoms with Crippen LogP contribution >= 0.6 is 7.82 Å². The minimum absolute atomic E-state index is 0.00888. The molecule has 4 N–H and O–H groups in total. The molecule has 0 radical (unpaired) electrons. The van der Waals surface area contributed by atoms with Crippen molar-refractivity contribution in [3.63, 3.8) is 0 Å². The number of ether oxygens (including phenoxy) is 1. The fourth-order valence-corrected chi connectivity index (χ4v) is 5.18. The molecule has 2 aromatic heterocycles. The lowest BCUT2D eigenvalue weighted by Gasteiger charge is -2.24. The zero-order valence-electron chi connectivity index (χ0n) is 22.6. The van der Waals surface area contributed by atoms with Crippen LogP contribution in [0.3, 0.4) is 0 Å². The van der Waals surface area contributed by atoms with Gasteiger partial charge in [-0.2, -0.15) is 5.10 Å². The number of amides is 1. The summed E-state index contributed by atoms with van der Waals surface area (Å²) >= 11 is 0. The van der Waals surface area contributed by atoms with Crippen LogP contribution in [-0.2, 0) is 20.4 Å². The Morgan fingerprint density at radius 1 is 1.17 bits per heavy atom. The van der Waals surface area contributed by atoms with E-state index in [0.29, 0.717) is 35.1 Å². The van der Waals surface area contributed by atoms with Crippen molar-refractivity contribution in [1.29, 1.82) is 0 Å². The number of nitrogens with zero attached hydrogens (tertiary/aromatic N) is 5. The van der Waals surface area contributed by atoms with Gasteiger partial charge in [0.25, 0.3) is 0 Å². The van der Waals surface area contributed by atoms with Crippen molar-refractivity contribution < 1.29 is 32.8 Å². The number of halogens is 1.